The molecule has 0 amide bonds. The highest BCUT2D eigenvalue weighted by molar-refractivity contribution is 5.49. The number of rotatable bonds is 6. The summed E-state index contributed by atoms with van der Waals surface area (Å²) in [5.74, 6) is 0. The summed E-state index contributed by atoms with van der Waals surface area (Å²) in [7, 11) is 0. The van der Waals surface area contributed by atoms with Gasteiger partial charge in [-0.15, -0.1) is 0 Å². The molecule has 7 nitrogen and oxygen atoms in total. The lowest BCUT2D eigenvalue weighted by molar-refractivity contribution is 0.198. The minimum atomic E-state index is -0.792. The first-order valence-corrected chi connectivity index (χ1v) is 9.96. The highest BCUT2D eigenvalue weighted by atomic mass is 16.3. The maximum Gasteiger partial charge on any atom is 0.290 e. The van der Waals surface area contributed by atoms with Crippen molar-refractivity contribution in [1.29, 1.82) is 0 Å². The van der Waals surface area contributed by atoms with E-state index in [-0.39, 0.29) is 11.2 Å². The zero-order chi connectivity index (χ0) is 20.3. The third kappa shape index (κ3) is 4.54. The van der Waals surface area contributed by atoms with Gasteiger partial charge in [-0.2, -0.15) is 5.10 Å². The maximum atomic E-state index is 12.4. The fourth-order valence-corrected chi connectivity index (χ4v) is 3.91. The number of aromatic nitrogens is 2. The molecular weight excluding hydrogens is 354 g/mol. The molecule has 1 aliphatic rings. The summed E-state index contributed by atoms with van der Waals surface area (Å²) in [6, 6.07) is 8.64. The van der Waals surface area contributed by atoms with Crippen LogP contribution in [0, 0.1) is 13.8 Å². The largest absolute Gasteiger partial charge is 0.394 e. The molecule has 0 radical (unpaired) electrons. The lowest BCUT2D eigenvalue weighted by atomic mass is 10.1. The Bertz CT molecular complexity index is 870. The summed E-state index contributed by atoms with van der Waals surface area (Å²) >= 11 is 0. The molecule has 3 rings (SSSR count). The van der Waals surface area contributed by atoms with Crippen molar-refractivity contribution in [3.8, 4) is 0 Å². The third-order valence-electron chi connectivity index (χ3n) is 5.42. The molecule has 3 N–H and O–H groups in total. The molecule has 7 heteroatoms. The molecule has 28 heavy (non-hydrogen) atoms. The Hall–Kier alpha value is -2.38. The summed E-state index contributed by atoms with van der Waals surface area (Å²) in [6.45, 7) is 11.0. The standard InChI is InChI=1S/C21H31N5O2/c1-15-6-4-7-18(14-15)25-12-10-24(11-13-25)8-5-9-26-21(28)20(22)19(17(3)27)16(2)23-26/h4,6-7,14,17,27H,5,8-13,22H2,1-3H3. The van der Waals surface area contributed by atoms with Crippen LogP contribution in [0.5, 0.6) is 0 Å². The van der Waals surface area contributed by atoms with Gasteiger partial charge < -0.3 is 15.7 Å². The molecular formula is C21H31N5O2. The molecule has 0 spiro atoms. The number of benzene rings is 1. The second kappa shape index (κ2) is 8.75. The van der Waals surface area contributed by atoms with Gasteiger partial charge in [0.2, 0.25) is 0 Å². The van der Waals surface area contributed by atoms with E-state index in [4.69, 9.17) is 5.73 Å². The average molecular weight is 386 g/mol. The fourth-order valence-electron chi connectivity index (χ4n) is 3.91. The zero-order valence-electron chi connectivity index (χ0n) is 17.1. The van der Waals surface area contributed by atoms with Crippen LogP contribution < -0.4 is 16.2 Å². The third-order valence-corrected chi connectivity index (χ3v) is 5.42. The number of piperazine rings is 1. The molecule has 0 bridgehead atoms. The molecule has 1 saturated heterocycles. The van der Waals surface area contributed by atoms with E-state index in [9.17, 15) is 9.90 Å². The second-order valence-electron chi connectivity index (χ2n) is 7.64. The van der Waals surface area contributed by atoms with Crippen molar-refractivity contribution in [3.05, 3.63) is 51.4 Å². The topological polar surface area (TPSA) is 87.6 Å². The van der Waals surface area contributed by atoms with Gasteiger partial charge in [0.05, 0.1) is 11.8 Å². The zero-order valence-corrected chi connectivity index (χ0v) is 17.1. The maximum absolute atomic E-state index is 12.4. The normalized spacial score (nSPS) is 16.4. The highest BCUT2D eigenvalue weighted by Gasteiger charge is 2.18. The van der Waals surface area contributed by atoms with Gasteiger partial charge >= 0.3 is 0 Å². The smallest absolute Gasteiger partial charge is 0.290 e. The van der Waals surface area contributed by atoms with E-state index in [1.807, 2.05) is 0 Å². The molecule has 1 fully saturated rings. The van der Waals surface area contributed by atoms with E-state index in [2.05, 4.69) is 46.1 Å². The predicted molar refractivity (Wildman–Crippen MR) is 113 cm³/mol. The number of aliphatic hydroxyl groups is 1. The van der Waals surface area contributed by atoms with Crippen LogP contribution in [0.2, 0.25) is 0 Å². The quantitative estimate of drug-likeness (QED) is 0.787. The molecule has 1 aromatic heterocycles. The van der Waals surface area contributed by atoms with Crippen molar-refractivity contribution in [3.63, 3.8) is 0 Å². The molecule has 1 atom stereocenters. The number of nitrogen functional groups attached to an aromatic ring is 1. The van der Waals surface area contributed by atoms with Gasteiger partial charge in [-0.25, -0.2) is 4.68 Å². The van der Waals surface area contributed by atoms with E-state index in [0.29, 0.717) is 17.8 Å². The lowest BCUT2D eigenvalue weighted by Crippen LogP contribution is -2.46. The Morgan fingerprint density at radius 3 is 2.54 bits per heavy atom. The Balaban J connectivity index is 1.52. The van der Waals surface area contributed by atoms with Crippen LogP contribution in [0.4, 0.5) is 11.4 Å². The number of nitrogens with zero attached hydrogens (tertiary/aromatic N) is 4. The lowest BCUT2D eigenvalue weighted by Gasteiger charge is -2.36. The Labute approximate surface area is 166 Å². The predicted octanol–water partition coefficient (Wildman–Crippen LogP) is 1.71. The van der Waals surface area contributed by atoms with E-state index in [1.54, 1.807) is 13.8 Å². The van der Waals surface area contributed by atoms with E-state index in [0.717, 1.165) is 39.1 Å². The van der Waals surface area contributed by atoms with Crippen molar-refractivity contribution in [1.82, 2.24) is 14.7 Å². The summed E-state index contributed by atoms with van der Waals surface area (Å²) in [4.78, 5) is 17.3. The van der Waals surface area contributed by atoms with Crippen LogP contribution in [0.1, 0.15) is 36.3 Å². The molecule has 1 unspecified atom stereocenters. The first-order chi connectivity index (χ1) is 13.4. The number of hydrogen-bond donors (Lipinski definition) is 2. The van der Waals surface area contributed by atoms with Gasteiger partial charge in [0.15, 0.2) is 0 Å². The van der Waals surface area contributed by atoms with Crippen LogP contribution in [-0.4, -0.2) is 52.5 Å². The molecule has 2 aromatic rings. The molecule has 1 aromatic carbocycles. The minimum Gasteiger partial charge on any atom is -0.394 e. The van der Waals surface area contributed by atoms with Gasteiger partial charge in [-0.05, 0) is 44.9 Å². The molecule has 2 heterocycles. The first-order valence-electron chi connectivity index (χ1n) is 9.96. The van der Waals surface area contributed by atoms with E-state index >= 15 is 0 Å². The fraction of sp³-hybridized carbons (Fsp3) is 0.524. The van der Waals surface area contributed by atoms with Crippen molar-refractivity contribution < 1.29 is 5.11 Å². The van der Waals surface area contributed by atoms with Gasteiger partial charge in [-0.1, -0.05) is 12.1 Å². The van der Waals surface area contributed by atoms with Crippen LogP contribution in [0.25, 0.3) is 0 Å². The number of aryl methyl sites for hydroxylation is 3. The van der Waals surface area contributed by atoms with Crippen LogP contribution in [-0.2, 0) is 6.54 Å². The average Bonchev–Trinajstić information content (AvgIpc) is 2.66. The minimum absolute atomic E-state index is 0.106. The Morgan fingerprint density at radius 2 is 1.89 bits per heavy atom. The van der Waals surface area contributed by atoms with E-state index < -0.39 is 6.10 Å². The van der Waals surface area contributed by atoms with Crippen molar-refractivity contribution in [2.24, 2.45) is 0 Å². The molecule has 1 aliphatic heterocycles. The van der Waals surface area contributed by atoms with Crippen LogP contribution in [0.15, 0.2) is 29.1 Å². The van der Waals surface area contributed by atoms with Gasteiger partial charge in [0.1, 0.15) is 5.69 Å². The van der Waals surface area contributed by atoms with Crippen LogP contribution in [0.3, 0.4) is 0 Å². The summed E-state index contributed by atoms with van der Waals surface area (Å²) in [6.07, 6.45) is 0.0455. The van der Waals surface area contributed by atoms with Gasteiger partial charge in [-0.3, -0.25) is 9.69 Å². The Kier molecular flexibility index (Phi) is 6.36. The second-order valence-corrected chi connectivity index (χ2v) is 7.64. The van der Waals surface area contributed by atoms with Gasteiger partial charge in [0, 0.05) is 50.5 Å². The number of aliphatic hydroxyl groups excluding tert-OH is 1. The highest BCUT2D eigenvalue weighted by Crippen LogP contribution is 2.20. The van der Waals surface area contributed by atoms with Gasteiger partial charge in [0.25, 0.3) is 5.56 Å². The van der Waals surface area contributed by atoms with Crippen molar-refractivity contribution >= 4 is 11.4 Å². The van der Waals surface area contributed by atoms with Crippen molar-refractivity contribution in [2.45, 2.75) is 39.8 Å². The van der Waals surface area contributed by atoms with E-state index in [1.165, 1.54) is 15.9 Å². The first kappa shape index (κ1) is 20.4. The SMILES string of the molecule is Cc1cccc(N2CCN(CCCn3nc(C)c(C(C)O)c(N)c3=O)CC2)c1. The molecule has 0 aliphatic carbocycles. The molecule has 0 saturated carbocycles. The van der Waals surface area contributed by atoms with Crippen LogP contribution >= 0.6 is 0 Å². The monoisotopic (exact) mass is 385 g/mol. The number of anilines is 2. The number of hydrogen-bond acceptors (Lipinski definition) is 6. The summed E-state index contributed by atoms with van der Waals surface area (Å²) < 4.78 is 1.43. The Morgan fingerprint density at radius 1 is 1.18 bits per heavy atom. The molecule has 152 valence electrons. The summed E-state index contributed by atoms with van der Waals surface area (Å²) in [5, 5.41) is 14.1. The summed E-state index contributed by atoms with van der Waals surface area (Å²) in [5.41, 5.74) is 9.35. The number of nitrogens with two attached hydrogens (primary N) is 1. The van der Waals surface area contributed by atoms with Crippen molar-refractivity contribution in [2.75, 3.05) is 43.4 Å².